The van der Waals surface area contributed by atoms with Gasteiger partial charge < -0.3 is 9.15 Å². The second-order valence-corrected chi connectivity index (χ2v) is 4.56. The quantitative estimate of drug-likeness (QED) is 0.707. The summed E-state index contributed by atoms with van der Waals surface area (Å²) >= 11 is 0. The van der Waals surface area contributed by atoms with Gasteiger partial charge in [0.05, 0.1) is 13.3 Å². The molecular weight excluding hydrogens is 250 g/mol. The molecule has 0 atom stereocenters. The number of benzene rings is 2. The Kier molecular flexibility index (Phi) is 3.25. The second-order valence-electron chi connectivity index (χ2n) is 4.56. The normalized spacial score (nSPS) is 10.5. The number of nitrogens with zero attached hydrogens (tertiary/aromatic N) is 1. The van der Waals surface area contributed by atoms with Gasteiger partial charge in [-0.05, 0) is 30.7 Å². The van der Waals surface area contributed by atoms with Crippen LogP contribution >= 0.6 is 0 Å². The molecule has 0 saturated heterocycles. The summed E-state index contributed by atoms with van der Waals surface area (Å²) in [6, 6.07) is 16.1. The minimum absolute atomic E-state index is 0.638. The van der Waals surface area contributed by atoms with Gasteiger partial charge in [-0.25, -0.2) is 4.98 Å². The van der Waals surface area contributed by atoms with Crippen molar-refractivity contribution in [3.8, 4) is 28.3 Å². The molecule has 0 aliphatic carbocycles. The Morgan fingerprint density at radius 1 is 1.00 bits per heavy atom. The van der Waals surface area contributed by atoms with E-state index < -0.39 is 0 Å². The van der Waals surface area contributed by atoms with E-state index >= 15 is 0 Å². The number of rotatable bonds is 3. The average molecular weight is 265 g/mol. The zero-order chi connectivity index (χ0) is 13.9. The van der Waals surface area contributed by atoms with Crippen LogP contribution in [-0.2, 0) is 0 Å². The van der Waals surface area contributed by atoms with Gasteiger partial charge in [0.1, 0.15) is 11.5 Å². The maximum absolute atomic E-state index is 5.57. The van der Waals surface area contributed by atoms with E-state index in [0.29, 0.717) is 5.89 Å². The van der Waals surface area contributed by atoms with E-state index in [2.05, 4.69) is 17.1 Å². The minimum Gasteiger partial charge on any atom is -0.496 e. The van der Waals surface area contributed by atoms with Crippen molar-refractivity contribution >= 4 is 0 Å². The SMILES string of the molecule is COc1ccccc1-c1cccc(-c2ncc(C)o2)c1. The predicted octanol–water partition coefficient (Wildman–Crippen LogP) is 4.33. The van der Waals surface area contributed by atoms with Gasteiger partial charge in [0.15, 0.2) is 0 Å². The summed E-state index contributed by atoms with van der Waals surface area (Å²) in [5, 5.41) is 0. The Balaban J connectivity index is 2.07. The highest BCUT2D eigenvalue weighted by Crippen LogP contribution is 2.32. The van der Waals surface area contributed by atoms with E-state index in [1.165, 1.54) is 0 Å². The fourth-order valence-corrected chi connectivity index (χ4v) is 2.19. The zero-order valence-corrected chi connectivity index (χ0v) is 11.5. The number of hydrogen-bond donors (Lipinski definition) is 0. The lowest BCUT2D eigenvalue weighted by Crippen LogP contribution is -1.87. The standard InChI is InChI=1S/C17H15NO2/c1-12-11-18-17(20-12)14-7-5-6-13(10-14)15-8-3-4-9-16(15)19-2/h3-11H,1-2H3. The first-order valence-corrected chi connectivity index (χ1v) is 6.44. The predicted molar refractivity (Wildman–Crippen MR) is 78.7 cm³/mol. The largest absolute Gasteiger partial charge is 0.496 e. The smallest absolute Gasteiger partial charge is 0.226 e. The highest BCUT2D eigenvalue weighted by molar-refractivity contribution is 5.74. The molecule has 0 aliphatic rings. The molecule has 2 aromatic carbocycles. The van der Waals surface area contributed by atoms with Crippen LogP contribution in [0, 0.1) is 6.92 Å². The van der Waals surface area contributed by atoms with Crippen molar-refractivity contribution < 1.29 is 9.15 Å². The summed E-state index contributed by atoms with van der Waals surface area (Å²) in [7, 11) is 1.68. The monoisotopic (exact) mass is 265 g/mol. The van der Waals surface area contributed by atoms with Crippen molar-refractivity contribution in [3.63, 3.8) is 0 Å². The molecule has 3 aromatic rings. The average Bonchev–Trinajstić information content (AvgIpc) is 2.94. The van der Waals surface area contributed by atoms with Crippen LogP contribution in [0.5, 0.6) is 5.75 Å². The van der Waals surface area contributed by atoms with Gasteiger partial charge in [-0.15, -0.1) is 0 Å². The van der Waals surface area contributed by atoms with E-state index in [4.69, 9.17) is 9.15 Å². The van der Waals surface area contributed by atoms with Gasteiger partial charge in [-0.2, -0.15) is 0 Å². The van der Waals surface area contributed by atoms with Crippen LogP contribution in [0.1, 0.15) is 5.76 Å². The Hall–Kier alpha value is -2.55. The number of para-hydroxylation sites is 1. The lowest BCUT2D eigenvalue weighted by molar-refractivity contribution is 0.416. The van der Waals surface area contributed by atoms with Gasteiger partial charge in [0.2, 0.25) is 5.89 Å². The molecule has 0 bridgehead atoms. The summed E-state index contributed by atoms with van der Waals surface area (Å²) in [5.74, 6) is 2.30. The molecule has 0 N–H and O–H groups in total. The first-order valence-electron chi connectivity index (χ1n) is 6.44. The third kappa shape index (κ3) is 2.30. The topological polar surface area (TPSA) is 35.3 Å². The number of aryl methyl sites for hydroxylation is 1. The van der Waals surface area contributed by atoms with E-state index in [1.54, 1.807) is 13.3 Å². The van der Waals surface area contributed by atoms with E-state index in [1.807, 2.05) is 43.3 Å². The van der Waals surface area contributed by atoms with Crippen LogP contribution in [0.4, 0.5) is 0 Å². The molecule has 0 radical (unpaired) electrons. The number of aromatic nitrogens is 1. The van der Waals surface area contributed by atoms with E-state index in [0.717, 1.165) is 28.2 Å². The minimum atomic E-state index is 0.638. The summed E-state index contributed by atoms with van der Waals surface area (Å²) < 4.78 is 11.0. The summed E-state index contributed by atoms with van der Waals surface area (Å²) in [4.78, 5) is 4.27. The van der Waals surface area contributed by atoms with Crippen molar-refractivity contribution in [3.05, 3.63) is 60.5 Å². The fourth-order valence-electron chi connectivity index (χ4n) is 2.19. The maximum atomic E-state index is 5.57. The van der Waals surface area contributed by atoms with Crippen LogP contribution in [-0.4, -0.2) is 12.1 Å². The molecule has 0 unspecified atom stereocenters. The Bertz CT molecular complexity index is 731. The molecular formula is C17H15NO2. The number of ether oxygens (including phenoxy) is 1. The lowest BCUT2D eigenvalue weighted by Gasteiger charge is -2.08. The van der Waals surface area contributed by atoms with Crippen molar-refractivity contribution in [2.45, 2.75) is 6.92 Å². The first-order chi connectivity index (χ1) is 9.78. The van der Waals surface area contributed by atoms with Crippen LogP contribution in [0.2, 0.25) is 0 Å². The molecule has 1 aromatic heterocycles. The molecule has 0 spiro atoms. The molecule has 3 rings (SSSR count). The van der Waals surface area contributed by atoms with Gasteiger partial charge in [-0.3, -0.25) is 0 Å². The highest BCUT2D eigenvalue weighted by atomic mass is 16.5. The summed E-state index contributed by atoms with van der Waals surface area (Å²) in [6.45, 7) is 1.89. The van der Waals surface area contributed by atoms with Crippen LogP contribution in [0.25, 0.3) is 22.6 Å². The third-order valence-electron chi connectivity index (χ3n) is 3.15. The van der Waals surface area contributed by atoms with Crippen molar-refractivity contribution in [2.24, 2.45) is 0 Å². The van der Waals surface area contributed by atoms with Gasteiger partial charge in [-0.1, -0.05) is 30.3 Å². The molecule has 100 valence electrons. The van der Waals surface area contributed by atoms with Gasteiger partial charge in [0, 0.05) is 11.1 Å². The fraction of sp³-hybridized carbons (Fsp3) is 0.118. The zero-order valence-electron chi connectivity index (χ0n) is 11.5. The molecule has 1 heterocycles. The molecule has 20 heavy (non-hydrogen) atoms. The molecule has 0 aliphatic heterocycles. The first kappa shape index (κ1) is 12.5. The van der Waals surface area contributed by atoms with E-state index in [-0.39, 0.29) is 0 Å². The second kappa shape index (κ2) is 5.21. The van der Waals surface area contributed by atoms with Crippen molar-refractivity contribution in [1.82, 2.24) is 4.98 Å². The van der Waals surface area contributed by atoms with Crippen molar-refractivity contribution in [1.29, 1.82) is 0 Å². The molecule has 3 nitrogen and oxygen atoms in total. The van der Waals surface area contributed by atoms with E-state index in [9.17, 15) is 0 Å². The van der Waals surface area contributed by atoms with Gasteiger partial charge >= 0.3 is 0 Å². The highest BCUT2D eigenvalue weighted by Gasteiger charge is 2.08. The maximum Gasteiger partial charge on any atom is 0.226 e. The number of methoxy groups -OCH3 is 1. The Morgan fingerprint density at radius 3 is 2.55 bits per heavy atom. The Morgan fingerprint density at radius 2 is 1.80 bits per heavy atom. The lowest BCUT2D eigenvalue weighted by atomic mass is 10.0. The molecule has 0 saturated carbocycles. The number of hydrogen-bond acceptors (Lipinski definition) is 3. The number of oxazole rings is 1. The molecule has 0 fully saturated rings. The van der Waals surface area contributed by atoms with Crippen LogP contribution in [0.3, 0.4) is 0 Å². The Labute approximate surface area is 117 Å². The van der Waals surface area contributed by atoms with Gasteiger partial charge in [0.25, 0.3) is 0 Å². The van der Waals surface area contributed by atoms with Crippen LogP contribution < -0.4 is 4.74 Å². The summed E-state index contributed by atoms with van der Waals surface area (Å²) in [6.07, 6.45) is 1.73. The third-order valence-corrected chi connectivity index (χ3v) is 3.15. The summed E-state index contributed by atoms with van der Waals surface area (Å²) in [5.41, 5.74) is 3.09. The molecule has 0 amide bonds. The van der Waals surface area contributed by atoms with Crippen molar-refractivity contribution in [2.75, 3.05) is 7.11 Å². The molecule has 3 heteroatoms. The van der Waals surface area contributed by atoms with Crippen LogP contribution in [0.15, 0.2) is 59.1 Å².